The second kappa shape index (κ2) is 8.33. The Morgan fingerprint density at radius 2 is 1.96 bits per heavy atom. The molecule has 6 heteroatoms. The number of rotatable bonds is 5. The summed E-state index contributed by atoms with van der Waals surface area (Å²) in [5, 5.41) is 6.49. The summed E-state index contributed by atoms with van der Waals surface area (Å²) in [5.41, 5.74) is 0. The summed E-state index contributed by atoms with van der Waals surface area (Å²) in [5.74, 6) is 1.17. The number of nitrogens with one attached hydrogen (secondary N) is 2. The molecule has 0 aliphatic carbocycles. The molecule has 0 bridgehead atoms. The summed E-state index contributed by atoms with van der Waals surface area (Å²) in [6.45, 7) is 3.49. The number of hydrogen-bond donors (Lipinski definition) is 2. The molecule has 2 amide bonds. The van der Waals surface area contributed by atoms with E-state index in [4.69, 9.17) is 4.42 Å². The van der Waals surface area contributed by atoms with Crippen LogP contribution in [-0.4, -0.2) is 48.9 Å². The van der Waals surface area contributed by atoms with E-state index in [0.717, 1.165) is 32.4 Å². The third-order valence-corrected chi connectivity index (χ3v) is 5.12. The third kappa shape index (κ3) is 4.60. The minimum atomic E-state index is -0.0596. The molecule has 0 saturated carbocycles. The number of furan rings is 1. The van der Waals surface area contributed by atoms with Crippen LogP contribution in [0, 0.1) is 5.92 Å². The Labute approximate surface area is 143 Å². The average molecular weight is 333 g/mol. The number of nitrogens with zero attached hydrogens (tertiary/aromatic N) is 1. The summed E-state index contributed by atoms with van der Waals surface area (Å²) in [7, 11) is 0. The zero-order chi connectivity index (χ0) is 16.8. The fourth-order valence-corrected chi connectivity index (χ4v) is 3.59. The summed E-state index contributed by atoms with van der Waals surface area (Å²) in [6, 6.07) is 3.60. The van der Waals surface area contributed by atoms with Gasteiger partial charge in [0, 0.05) is 25.6 Å². The topological polar surface area (TPSA) is 74.6 Å². The molecule has 132 valence electrons. The van der Waals surface area contributed by atoms with Gasteiger partial charge in [-0.3, -0.25) is 9.59 Å². The molecule has 3 rings (SSSR count). The molecule has 2 fully saturated rings. The summed E-state index contributed by atoms with van der Waals surface area (Å²) in [4.78, 5) is 26.1. The van der Waals surface area contributed by atoms with Crippen LogP contribution in [0.5, 0.6) is 0 Å². The lowest BCUT2D eigenvalue weighted by Crippen LogP contribution is -2.46. The maximum absolute atomic E-state index is 12.2. The molecular weight excluding hydrogens is 306 g/mol. The van der Waals surface area contributed by atoms with Crippen molar-refractivity contribution in [2.45, 2.75) is 44.6 Å². The van der Waals surface area contributed by atoms with E-state index in [-0.39, 0.29) is 17.9 Å². The highest BCUT2D eigenvalue weighted by Gasteiger charge is 2.26. The molecule has 2 aliphatic rings. The lowest BCUT2D eigenvalue weighted by molar-refractivity contribution is -0.122. The zero-order valence-electron chi connectivity index (χ0n) is 14.1. The number of piperidine rings is 2. The van der Waals surface area contributed by atoms with Gasteiger partial charge in [0.05, 0.1) is 6.26 Å². The van der Waals surface area contributed by atoms with E-state index >= 15 is 0 Å². The number of amides is 2. The van der Waals surface area contributed by atoms with Gasteiger partial charge >= 0.3 is 0 Å². The quantitative estimate of drug-likeness (QED) is 0.861. The van der Waals surface area contributed by atoms with E-state index in [1.807, 2.05) is 0 Å². The van der Waals surface area contributed by atoms with Crippen molar-refractivity contribution in [1.82, 2.24) is 15.5 Å². The van der Waals surface area contributed by atoms with Crippen molar-refractivity contribution in [2.75, 3.05) is 26.2 Å². The van der Waals surface area contributed by atoms with Crippen molar-refractivity contribution in [2.24, 2.45) is 5.92 Å². The van der Waals surface area contributed by atoms with Gasteiger partial charge in [-0.2, -0.15) is 0 Å². The Kier molecular flexibility index (Phi) is 5.91. The highest BCUT2D eigenvalue weighted by atomic mass is 16.3. The van der Waals surface area contributed by atoms with E-state index in [0.29, 0.717) is 31.2 Å². The Hall–Kier alpha value is -1.82. The van der Waals surface area contributed by atoms with Gasteiger partial charge in [-0.1, -0.05) is 0 Å². The molecule has 1 aromatic rings. The molecule has 24 heavy (non-hydrogen) atoms. The normalized spacial score (nSPS) is 20.1. The summed E-state index contributed by atoms with van der Waals surface area (Å²) in [6.07, 6.45) is 7.11. The van der Waals surface area contributed by atoms with Crippen molar-refractivity contribution < 1.29 is 14.0 Å². The van der Waals surface area contributed by atoms with Crippen LogP contribution in [0.2, 0.25) is 0 Å². The number of likely N-dealkylation sites (tertiary alicyclic amines) is 1. The third-order valence-electron chi connectivity index (χ3n) is 5.12. The number of carbonyl (C=O) groups is 2. The largest absolute Gasteiger partial charge is 0.459 e. The Balaban J connectivity index is 1.35. The maximum atomic E-state index is 12.2. The van der Waals surface area contributed by atoms with Crippen molar-refractivity contribution >= 4 is 11.8 Å². The number of hydrogen-bond acceptors (Lipinski definition) is 4. The van der Waals surface area contributed by atoms with E-state index in [1.54, 1.807) is 17.0 Å². The van der Waals surface area contributed by atoms with Gasteiger partial charge in [0.1, 0.15) is 0 Å². The monoisotopic (exact) mass is 333 g/mol. The highest BCUT2D eigenvalue weighted by molar-refractivity contribution is 5.91. The second-order valence-electron chi connectivity index (χ2n) is 6.84. The molecule has 0 radical (unpaired) electrons. The second-order valence-corrected chi connectivity index (χ2v) is 6.84. The first-order valence-electron chi connectivity index (χ1n) is 9.05. The first-order valence-corrected chi connectivity index (χ1v) is 9.05. The zero-order valence-corrected chi connectivity index (χ0v) is 14.1. The van der Waals surface area contributed by atoms with Crippen LogP contribution >= 0.6 is 0 Å². The average Bonchev–Trinajstić information content (AvgIpc) is 3.16. The standard InChI is InChI=1S/C18H27N3O3/c22-17(4-3-14-5-9-19-10-6-14)20-15-7-11-21(12-8-15)18(23)16-2-1-13-24-16/h1-2,13-15,19H,3-12H2,(H,20,22). The smallest absolute Gasteiger partial charge is 0.289 e. The van der Waals surface area contributed by atoms with Gasteiger partial charge in [0.25, 0.3) is 5.91 Å². The SMILES string of the molecule is O=C(CCC1CCNCC1)NC1CCN(C(=O)c2ccco2)CC1. The molecule has 0 aromatic carbocycles. The van der Waals surface area contributed by atoms with Crippen LogP contribution in [-0.2, 0) is 4.79 Å². The van der Waals surface area contributed by atoms with Crippen LogP contribution in [0.15, 0.2) is 22.8 Å². The van der Waals surface area contributed by atoms with Crippen LogP contribution in [0.1, 0.15) is 49.1 Å². The summed E-state index contributed by atoms with van der Waals surface area (Å²) < 4.78 is 5.16. The highest BCUT2D eigenvalue weighted by Crippen LogP contribution is 2.18. The lowest BCUT2D eigenvalue weighted by atomic mass is 9.93. The first kappa shape index (κ1) is 17.0. The molecule has 3 heterocycles. The van der Waals surface area contributed by atoms with E-state index in [9.17, 15) is 9.59 Å². The maximum Gasteiger partial charge on any atom is 0.289 e. The van der Waals surface area contributed by atoms with Crippen LogP contribution in [0.3, 0.4) is 0 Å². The fraction of sp³-hybridized carbons (Fsp3) is 0.667. The Bertz CT molecular complexity index is 530. The molecular formula is C18H27N3O3. The van der Waals surface area contributed by atoms with Gasteiger partial charge in [0.2, 0.25) is 5.91 Å². The fourth-order valence-electron chi connectivity index (χ4n) is 3.59. The van der Waals surface area contributed by atoms with Crippen LogP contribution in [0.25, 0.3) is 0 Å². The predicted molar refractivity (Wildman–Crippen MR) is 90.6 cm³/mol. The molecule has 2 N–H and O–H groups in total. The van der Waals surface area contributed by atoms with Crippen molar-refractivity contribution in [1.29, 1.82) is 0 Å². The molecule has 2 saturated heterocycles. The van der Waals surface area contributed by atoms with Gasteiger partial charge < -0.3 is 20.0 Å². The van der Waals surface area contributed by atoms with E-state index in [1.165, 1.54) is 19.1 Å². The number of carbonyl (C=O) groups excluding carboxylic acids is 2. The minimum Gasteiger partial charge on any atom is -0.459 e. The summed E-state index contributed by atoms with van der Waals surface area (Å²) >= 11 is 0. The lowest BCUT2D eigenvalue weighted by Gasteiger charge is -2.32. The van der Waals surface area contributed by atoms with Crippen LogP contribution < -0.4 is 10.6 Å². The van der Waals surface area contributed by atoms with Gasteiger partial charge in [-0.15, -0.1) is 0 Å². The van der Waals surface area contributed by atoms with Crippen LogP contribution in [0.4, 0.5) is 0 Å². The molecule has 2 aliphatic heterocycles. The van der Waals surface area contributed by atoms with Gasteiger partial charge in [-0.05, 0) is 63.2 Å². The van der Waals surface area contributed by atoms with E-state index < -0.39 is 0 Å². The Morgan fingerprint density at radius 3 is 2.62 bits per heavy atom. The molecule has 0 spiro atoms. The molecule has 0 atom stereocenters. The first-order chi connectivity index (χ1) is 11.7. The molecule has 6 nitrogen and oxygen atoms in total. The van der Waals surface area contributed by atoms with Gasteiger partial charge in [-0.25, -0.2) is 0 Å². The van der Waals surface area contributed by atoms with Crippen molar-refractivity contribution in [3.8, 4) is 0 Å². The van der Waals surface area contributed by atoms with E-state index in [2.05, 4.69) is 10.6 Å². The molecule has 0 unspecified atom stereocenters. The minimum absolute atomic E-state index is 0.0596. The predicted octanol–water partition coefficient (Wildman–Crippen LogP) is 1.78. The Morgan fingerprint density at radius 1 is 1.21 bits per heavy atom. The molecule has 1 aromatic heterocycles. The van der Waals surface area contributed by atoms with Crippen molar-refractivity contribution in [3.05, 3.63) is 24.2 Å². The van der Waals surface area contributed by atoms with Gasteiger partial charge in [0.15, 0.2) is 5.76 Å². The van der Waals surface area contributed by atoms with Crippen molar-refractivity contribution in [3.63, 3.8) is 0 Å².